The van der Waals surface area contributed by atoms with E-state index in [1.807, 2.05) is 0 Å². The molecule has 22 heteroatoms. The molecular weight excluding hydrogens is 901 g/mol. The van der Waals surface area contributed by atoms with Crippen LogP contribution < -0.4 is 0 Å². The lowest BCUT2D eigenvalue weighted by atomic mass is 9.37. The number of carbonyl (C=O) groups is 2. The van der Waals surface area contributed by atoms with Gasteiger partial charge in [0.2, 0.25) is 0 Å². The van der Waals surface area contributed by atoms with Crippen molar-refractivity contribution in [2.24, 2.45) is 39.4 Å². The first-order valence-electron chi connectivity index (χ1n) is 21.6. The summed E-state index contributed by atoms with van der Waals surface area (Å²) in [5.74, 6) is -2.06. The molecule has 8 bridgehead atoms. The van der Waals surface area contributed by atoms with Crippen LogP contribution in [0.1, 0.15) is 140 Å². The quantitative estimate of drug-likeness (QED) is 0.0942. The third kappa shape index (κ3) is 9.24. The molecule has 8 saturated carbocycles. The lowest BCUT2D eigenvalue weighted by molar-refractivity contribution is -0.292. The Kier molecular flexibility index (Phi) is 13.4. The molecule has 16 nitrogen and oxygen atoms in total. The minimum atomic E-state index is -6.00. The molecule has 9 unspecified atom stereocenters. The largest absolute Gasteiger partial charge is 0.743 e. The normalized spacial score (nSPS) is 36.2. The summed E-state index contributed by atoms with van der Waals surface area (Å²) in [6.07, 6.45) is 1.50. The molecule has 0 amide bonds. The van der Waals surface area contributed by atoms with E-state index in [0.717, 1.165) is 25.7 Å². The van der Waals surface area contributed by atoms with Gasteiger partial charge < -0.3 is 48.5 Å². The monoisotopic (exact) mass is 966 g/mol. The van der Waals surface area contributed by atoms with Crippen LogP contribution in [0.4, 0.5) is 17.6 Å². The van der Waals surface area contributed by atoms with E-state index in [-0.39, 0.29) is 17.8 Å². The van der Waals surface area contributed by atoms with E-state index in [9.17, 15) is 73.5 Å². The first-order valence-corrected chi connectivity index (χ1v) is 24.5. The maximum atomic E-state index is 13.6. The molecule has 0 radical (unpaired) electrons. The number of rotatable bonds is 16. The van der Waals surface area contributed by atoms with Gasteiger partial charge in [-0.15, -0.1) is 0 Å². The highest BCUT2D eigenvalue weighted by Gasteiger charge is 2.72. The van der Waals surface area contributed by atoms with Crippen molar-refractivity contribution in [3.05, 3.63) is 0 Å². The van der Waals surface area contributed by atoms with Crippen LogP contribution in [0.25, 0.3) is 0 Å². The fourth-order valence-corrected chi connectivity index (χ4v) is 14.1. The van der Waals surface area contributed by atoms with E-state index in [2.05, 4.69) is 9.47 Å². The Morgan fingerprint density at radius 1 is 0.609 bits per heavy atom. The van der Waals surface area contributed by atoms with Crippen LogP contribution in [0.15, 0.2) is 0 Å². The predicted octanol–water partition coefficient (Wildman–Crippen LogP) is 4.50. The Hall–Kier alpha value is -1.76. The Morgan fingerprint density at radius 2 is 1.03 bits per heavy atom. The van der Waals surface area contributed by atoms with Gasteiger partial charge in [-0.05, 0) is 163 Å². The first-order chi connectivity index (χ1) is 28.4. The van der Waals surface area contributed by atoms with Crippen LogP contribution in [0, 0.1) is 39.4 Å². The van der Waals surface area contributed by atoms with Crippen molar-refractivity contribution >= 4 is 32.2 Å². The van der Waals surface area contributed by atoms with Crippen LogP contribution in [0.2, 0.25) is 0 Å². The van der Waals surface area contributed by atoms with Crippen LogP contribution in [-0.2, 0) is 48.8 Å². The molecule has 372 valence electrons. The summed E-state index contributed by atoms with van der Waals surface area (Å²) < 4.78 is 140. The molecule has 8 aliphatic rings. The highest BCUT2D eigenvalue weighted by atomic mass is 32.2. The van der Waals surface area contributed by atoms with Crippen molar-refractivity contribution in [3.63, 3.8) is 0 Å². The summed E-state index contributed by atoms with van der Waals surface area (Å²) >= 11 is 0. The molecule has 0 aliphatic heterocycles. The van der Waals surface area contributed by atoms with Gasteiger partial charge in [0.25, 0.3) is 0 Å². The highest BCUT2D eigenvalue weighted by molar-refractivity contribution is 7.87. The number of aliphatic hydroxyl groups is 4. The number of esters is 2. The highest BCUT2D eigenvalue weighted by Crippen LogP contribution is 2.73. The van der Waals surface area contributed by atoms with E-state index in [1.165, 1.54) is 0 Å². The van der Waals surface area contributed by atoms with Crippen molar-refractivity contribution in [1.29, 1.82) is 0 Å². The molecule has 0 aromatic heterocycles. The number of hydrogen-bond acceptors (Lipinski definition) is 16. The van der Waals surface area contributed by atoms with Gasteiger partial charge in [0.05, 0.1) is 34.1 Å². The fraction of sp³-hybridized carbons (Fsp3) is 0.952. The van der Waals surface area contributed by atoms with Crippen LogP contribution in [-0.4, -0.2) is 128 Å². The lowest BCUT2D eigenvalue weighted by Gasteiger charge is -2.71. The average Bonchev–Trinajstić information content (AvgIpc) is 3.07. The number of ether oxygens (including phenoxy) is 4. The lowest BCUT2D eigenvalue weighted by Crippen LogP contribution is -2.70. The maximum absolute atomic E-state index is 13.6. The van der Waals surface area contributed by atoms with Crippen LogP contribution >= 0.6 is 0 Å². The molecule has 8 fully saturated rings. The first kappa shape index (κ1) is 53.2. The molecule has 0 aromatic carbocycles. The second kappa shape index (κ2) is 16.2. The van der Waals surface area contributed by atoms with Gasteiger partial charge in [-0.3, -0.25) is 0 Å². The van der Waals surface area contributed by atoms with Gasteiger partial charge in [0.15, 0.2) is 32.4 Å². The number of halogens is 4. The van der Waals surface area contributed by atoms with Crippen LogP contribution in [0.3, 0.4) is 0 Å². The number of alkyl halides is 4. The topological polar surface area (TPSA) is 266 Å². The summed E-state index contributed by atoms with van der Waals surface area (Å²) in [7, 11) is -12.0. The molecule has 64 heavy (non-hydrogen) atoms. The molecule has 4 N–H and O–H groups in total. The summed E-state index contributed by atoms with van der Waals surface area (Å²) in [5.41, 5.74) is -7.45. The Bertz CT molecular complexity index is 1990. The smallest absolute Gasteiger partial charge is 0.370 e. The van der Waals surface area contributed by atoms with E-state index in [4.69, 9.17) is 9.47 Å². The molecule has 9 atom stereocenters. The zero-order valence-electron chi connectivity index (χ0n) is 38.2. The van der Waals surface area contributed by atoms with Gasteiger partial charge in [-0.2, -0.15) is 17.6 Å². The van der Waals surface area contributed by atoms with Gasteiger partial charge in [-0.25, -0.2) is 26.4 Å². The van der Waals surface area contributed by atoms with Crippen molar-refractivity contribution in [3.8, 4) is 0 Å². The van der Waals surface area contributed by atoms with E-state index in [1.54, 1.807) is 55.4 Å². The third-order valence-corrected chi connectivity index (χ3v) is 18.5. The van der Waals surface area contributed by atoms with Gasteiger partial charge in [-0.1, -0.05) is 0 Å². The van der Waals surface area contributed by atoms with Crippen LogP contribution in [0.5, 0.6) is 0 Å². The zero-order chi connectivity index (χ0) is 49.1. The van der Waals surface area contributed by atoms with Crippen molar-refractivity contribution < 1.29 is 92.5 Å². The summed E-state index contributed by atoms with van der Waals surface area (Å²) in [4.78, 5) is 24.4. The minimum Gasteiger partial charge on any atom is -0.743 e. The van der Waals surface area contributed by atoms with Gasteiger partial charge in [0, 0.05) is 16.2 Å². The maximum Gasteiger partial charge on any atom is 0.370 e. The second-order valence-electron chi connectivity index (χ2n) is 22.4. The molecule has 8 aliphatic carbocycles. The Balaban J connectivity index is 0.000000241. The molecule has 0 heterocycles. The molecule has 0 saturated heterocycles. The van der Waals surface area contributed by atoms with E-state index < -0.39 is 124 Å². The second-order valence-corrected chi connectivity index (χ2v) is 25.3. The number of hydrogen-bond donors (Lipinski definition) is 4. The molecule has 8 rings (SSSR count). The average molecular weight is 967 g/mol. The molecule has 0 spiro atoms. The van der Waals surface area contributed by atoms with E-state index in [0.29, 0.717) is 58.8 Å². The Labute approximate surface area is 373 Å². The van der Waals surface area contributed by atoms with Gasteiger partial charge in [0.1, 0.15) is 13.2 Å². The summed E-state index contributed by atoms with van der Waals surface area (Å²) in [5, 5.41) is 34.7. The van der Waals surface area contributed by atoms with Crippen molar-refractivity contribution in [1.82, 2.24) is 0 Å². The Morgan fingerprint density at radius 3 is 1.44 bits per heavy atom. The van der Waals surface area contributed by atoms with Crippen molar-refractivity contribution in [2.75, 3.05) is 13.2 Å². The van der Waals surface area contributed by atoms with Crippen molar-refractivity contribution in [2.45, 2.75) is 197 Å². The minimum absolute atomic E-state index is 0.0530. The molecule has 0 aromatic rings. The third-order valence-electron chi connectivity index (χ3n) is 16.5. The predicted molar refractivity (Wildman–Crippen MR) is 215 cm³/mol. The SMILES string of the molecule is CC(OC(=O)COC12CC3CC(C(C)(C)O)(C1)CC(C(C)(C)O)(C3)C2)C(F)(F)S(=O)(=O)[O-].CC(OC(=O)COC1C2CC3CC(C(C)(C)O)(C2)CC1(C(C)(C)O)C3)C(F)(F)S(=O)(=O)[O-]. The standard InChI is InChI=1S/2C21H34F2O8S/c1-13(21(22,23)32(27,28)29)31-15(24)9-30-20-8-14-6-18(11-20,16(2,3)25)10-19(7-14,12-20)17(4,5)26;1-12(21(22,23)32(27,28)29)31-15(24)10-30-16-14-6-13-7-19(9-14,17(2,3)25)11-20(16,8-13)18(4,5)26/h13-14,25-26H,6-12H2,1-5H3,(H,27,28,29);12-14,16,25-26H,6-11H2,1-5H3,(H,27,28,29)/p-2. The fourth-order valence-electron chi connectivity index (χ4n) is 13.2. The zero-order valence-corrected chi connectivity index (χ0v) is 39.8. The van der Waals surface area contributed by atoms with Gasteiger partial charge >= 0.3 is 22.4 Å². The summed E-state index contributed by atoms with van der Waals surface area (Å²) in [6, 6.07) is 0. The van der Waals surface area contributed by atoms with E-state index >= 15 is 0 Å². The summed E-state index contributed by atoms with van der Waals surface area (Å²) in [6.45, 7) is 13.6. The number of carbonyl (C=O) groups excluding carboxylic acids is 2. The molecular formula is C42H66F4O16S2-2.